The summed E-state index contributed by atoms with van der Waals surface area (Å²) in [6, 6.07) is 22.9. The van der Waals surface area contributed by atoms with Crippen LogP contribution in [0.2, 0.25) is 0 Å². The Hall–Kier alpha value is -2.19. The van der Waals surface area contributed by atoms with Gasteiger partial charge in [0.2, 0.25) is 0 Å². The van der Waals surface area contributed by atoms with Gasteiger partial charge in [-0.15, -0.1) is 0 Å². The third-order valence-corrected chi connectivity index (χ3v) is 5.11. The zero-order valence-electron chi connectivity index (χ0n) is 14.2. The Morgan fingerprint density at radius 3 is 2.44 bits per heavy atom. The van der Waals surface area contributed by atoms with Crippen LogP contribution in [0.25, 0.3) is 0 Å². The van der Waals surface area contributed by atoms with Crippen molar-refractivity contribution in [1.29, 1.82) is 0 Å². The number of carbonyl (C=O) groups excluding carboxylic acids is 1. The maximum atomic E-state index is 12.1. The summed E-state index contributed by atoms with van der Waals surface area (Å²) in [4.78, 5) is 12.1. The second kappa shape index (κ2) is 9.66. The smallest absolute Gasteiger partial charge is 0.272 e. The predicted octanol–water partition coefficient (Wildman–Crippen LogP) is 5.40. The topological polar surface area (TPSA) is 50.7 Å². The zero-order valence-corrected chi connectivity index (χ0v) is 18.0. The van der Waals surface area contributed by atoms with Crippen LogP contribution >= 0.6 is 38.5 Å². The number of hydrazone groups is 1. The number of hydrogen-bond donors (Lipinski definition) is 1. The third-order valence-electron chi connectivity index (χ3n) is 3.70. The van der Waals surface area contributed by atoms with E-state index in [1.165, 1.54) is 3.57 Å². The molecule has 27 heavy (non-hydrogen) atoms. The van der Waals surface area contributed by atoms with Crippen molar-refractivity contribution in [2.45, 2.75) is 6.61 Å². The number of hydrogen-bond acceptors (Lipinski definition) is 3. The van der Waals surface area contributed by atoms with Gasteiger partial charge in [-0.1, -0.05) is 24.3 Å². The average molecular weight is 535 g/mol. The second-order valence-electron chi connectivity index (χ2n) is 5.66. The minimum atomic E-state index is -0.267. The second-order valence-corrected chi connectivity index (χ2v) is 7.76. The van der Waals surface area contributed by atoms with E-state index >= 15 is 0 Å². The number of amides is 1. The first-order valence-electron chi connectivity index (χ1n) is 8.17. The van der Waals surface area contributed by atoms with Crippen LogP contribution < -0.4 is 10.2 Å². The quantitative estimate of drug-likeness (QED) is 0.261. The van der Waals surface area contributed by atoms with Gasteiger partial charge >= 0.3 is 0 Å². The van der Waals surface area contributed by atoms with Gasteiger partial charge in [0.05, 0.1) is 11.8 Å². The fourth-order valence-corrected chi connectivity index (χ4v) is 3.09. The number of benzene rings is 3. The van der Waals surface area contributed by atoms with Gasteiger partial charge in [0, 0.05) is 8.04 Å². The standard InChI is InChI=1S/C21H16BrIN2O2/c22-20-4-2-1-3-19(20)21(26)25-24-13-15-7-11-18(12-8-15)27-14-16-5-9-17(23)10-6-16/h1-13H,14H2,(H,25,26)/b24-13-. The van der Waals surface area contributed by atoms with Gasteiger partial charge in [-0.05, 0) is 98.2 Å². The molecule has 0 aromatic heterocycles. The van der Waals surface area contributed by atoms with Gasteiger partial charge in [0.15, 0.2) is 0 Å². The van der Waals surface area contributed by atoms with E-state index < -0.39 is 0 Å². The molecule has 0 aliphatic heterocycles. The molecule has 4 nitrogen and oxygen atoms in total. The molecule has 0 aliphatic carbocycles. The SMILES string of the molecule is O=C(N/N=C\c1ccc(OCc2ccc(I)cc2)cc1)c1ccccc1Br. The first-order chi connectivity index (χ1) is 13.1. The fraction of sp³-hybridized carbons (Fsp3) is 0.0476. The molecular formula is C21H16BrIN2O2. The van der Waals surface area contributed by atoms with Crippen LogP contribution in [-0.2, 0) is 6.61 Å². The Kier molecular flexibility index (Phi) is 7.00. The number of halogens is 2. The molecule has 0 saturated carbocycles. The van der Waals surface area contributed by atoms with Crippen LogP contribution in [0.3, 0.4) is 0 Å². The lowest BCUT2D eigenvalue weighted by Crippen LogP contribution is -2.18. The van der Waals surface area contributed by atoms with Crippen LogP contribution in [0.4, 0.5) is 0 Å². The van der Waals surface area contributed by atoms with Crippen molar-refractivity contribution in [3.63, 3.8) is 0 Å². The summed E-state index contributed by atoms with van der Waals surface area (Å²) < 4.78 is 7.71. The fourth-order valence-electron chi connectivity index (χ4n) is 2.27. The number of carbonyl (C=O) groups is 1. The molecule has 136 valence electrons. The van der Waals surface area contributed by atoms with Crippen LogP contribution in [0, 0.1) is 3.57 Å². The number of nitrogens with zero attached hydrogens (tertiary/aromatic N) is 1. The molecule has 0 heterocycles. The van der Waals surface area contributed by atoms with E-state index in [-0.39, 0.29) is 5.91 Å². The van der Waals surface area contributed by atoms with Crippen LogP contribution in [0.15, 0.2) is 82.4 Å². The molecule has 6 heteroatoms. The van der Waals surface area contributed by atoms with Crippen molar-refractivity contribution in [3.8, 4) is 5.75 Å². The van der Waals surface area contributed by atoms with Crippen molar-refractivity contribution < 1.29 is 9.53 Å². The number of nitrogens with one attached hydrogen (secondary N) is 1. The molecule has 0 fully saturated rings. The minimum absolute atomic E-state index is 0.267. The van der Waals surface area contributed by atoms with E-state index in [1.807, 2.05) is 36.4 Å². The highest BCUT2D eigenvalue weighted by Crippen LogP contribution is 2.16. The Morgan fingerprint density at radius 2 is 1.74 bits per heavy atom. The van der Waals surface area contributed by atoms with Crippen molar-refractivity contribution in [1.82, 2.24) is 5.43 Å². The first kappa shape index (κ1) is 19.6. The largest absolute Gasteiger partial charge is 0.489 e. The molecule has 3 aromatic carbocycles. The van der Waals surface area contributed by atoms with Crippen LogP contribution in [-0.4, -0.2) is 12.1 Å². The summed E-state index contributed by atoms with van der Waals surface area (Å²) in [6.07, 6.45) is 1.59. The van der Waals surface area contributed by atoms with E-state index in [2.05, 4.69) is 73.3 Å². The number of ether oxygens (including phenoxy) is 1. The monoisotopic (exact) mass is 534 g/mol. The molecule has 0 saturated heterocycles. The summed E-state index contributed by atoms with van der Waals surface area (Å²) in [5.74, 6) is 0.513. The van der Waals surface area contributed by atoms with E-state index in [1.54, 1.807) is 18.3 Å². The maximum Gasteiger partial charge on any atom is 0.272 e. The first-order valence-corrected chi connectivity index (χ1v) is 10.0. The Labute approximate surface area is 179 Å². The van der Waals surface area contributed by atoms with Gasteiger partial charge in [-0.3, -0.25) is 4.79 Å². The molecule has 1 N–H and O–H groups in total. The Bertz CT molecular complexity index is 941. The summed E-state index contributed by atoms with van der Waals surface area (Å²) in [5.41, 5.74) is 5.04. The van der Waals surface area contributed by atoms with Gasteiger partial charge in [-0.25, -0.2) is 5.43 Å². The molecule has 0 aliphatic rings. The molecule has 3 aromatic rings. The normalized spacial score (nSPS) is 10.7. The summed E-state index contributed by atoms with van der Waals surface area (Å²) in [7, 11) is 0. The van der Waals surface area contributed by atoms with Crippen LogP contribution in [0.5, 0.6) is 5.75 Å². The summed E-state index contributed by atoms with van der Waals surface area (Å²) >= 11 is 5.63. The minimum Gasteiger partial charge on any atom is -0.489 e. The molecule has 0 unspecified atom stereocenters. The zero-order chi connectivity index (χ0) is 19.1. The van der Waals surface area contributed by atoms with Gasteiger partial charge in [0.1, 0.15) is 12.4 Å². The van der Waals surface area contributed by atoms with Crippen molar-refractivity contribution in [2.75, 3.05) is 0 Å². The van der Waals surface area contributed by atoms with Gasteiger partial charge in [0.25, 0.3) is 5.91 Å². The van der Waals surface area contributed by atoms with Crippen LogP contribution in [0.1, 0.15) is 21.5 Å². The predicted molar refractivity (Wildman–Crippen MR) is 119 cm³/mol. The molecule has 0 bridgehead atoms. The Balaban J connectivity index is 1.52. The highest BCUT2D eigenvalue weighted by molar-refractivity contribution is 14.1. The third kappa shape index (κ3) is 5.90. The lowest BCUT2D eigenvalue weighted by Gasteiger charge is -2.06. The van der Waals surface area contributed by atoms with Crippen molar-refractivity contribution >= 4 is 50.6 Å². The van der Waals surface area contributed by atoms with E-state index in [9.17, 15) is 4.79 Å². The van der Waals surface area contributed by atoms with E-state index in [0.29, 0.717) is 12.2 Å². The molecule has 0 atom stereocenters. The van der Waals surface area contributed by atoms with Crippen molar-refractivity contribution in [3.05, 3.63) is 97.5 Å². The maximum absolute atomic E-state index is 12.1. The molecular weight excluding hydrogens is 519 g/mol. The molecule has 0 spiro atoms. The van der Waals surface area contributed by atoms with E-state index in [0.717, 1.165) is 21.3 Å². The average Bonchev–Trinajstić information content (AvgIpc) is 2.69. The lowest BCUT2D eigenvalue weighted by atomic mass is 10.2. The molecule has 3 rings (SSSR count). The Morgan fingerprint density at radius 1 is 1.04 bits per heavy atom. The number of rotatable bonds is 6. The van der Waals surface area contributed by atoms with Crippen molar-refractivity contribution in [2.24, 2.45) is 5.10 Å². The van der Waals surface area contributed by atoms with Gasteiger partial charge < -0.3 is 4.74 Å². The highest BCUT2D eigenvalue weighted by Gasteiger charge is 2.07. The van der Waals surface area contributed by atoms with Gasteiger partial charge in [-0.2, -0.15) is 5.10 Å². The lowest BCUT2D eigenvalue weighted by molar-refractivity contribution is 0.0954. The summed E-state index contributed by atoms with van der Waals surface area (Å²) in [6.45, 7) is 0.520. The molecule has 1 amide bonds. The summed E-state index contributed by atoms with van der Waals surface area (Å²) in [5, 5.41) is 4.00. The highest BCUT2D eigenvalue weighted by atomic mass is 127. The molecule has 0 radical (unpaired) electrons. The van der Waals surface area contributed by atoms with E-state index in [4.69, 9.17) is 4.74 Å².